The monoisotopic (exact) mass is 733 g/mol. The first kappa shape index (κ1) is 35.5. The number of aromatic nitrogens is 1. The van der Waals surface area contributed by atoms with Crippen LogP contribution in [-0.2, 0) is 5.41 Å². The van der Waals surface area contributed by atoms with Gasteiger partial charge in [-0.25, -0.2) is 18.6 Å². The lowest BCUT2D eigenvalue weighted by Gasteiger charge is -2.42. The van der Waals surface area contributed by atoms with Crippen LogP contribution in [0.15, 0.2) is 72.8 Å². The largest absolute Gasteiger partial charge is 0.506 e. The van der Waals surface area contributed by atoms with Crippen molar-refractivity contribution >= 4 is 50.3 Å². The van der Waals surface area contributed by atoms with Crippen molar-refractivity contribution in [3.05, 3.63) is 90.0 Å². The molecule has 4 aromatic carbocycles. The average molecular weight is 734 g/mol. The molecule has 0 atom stereocenters. The molecule has 0 aliphatic carbocycles. The van der Waals surface area contributed by atoms with E-state index in [1.165, 1.54) is 47.7 Å². The van der Waals surface area contributed by atoms with Crippen LogP contribution in [0.2, 0.25) is 0 Å². The first-order valence-corrected chi connectivity index (χ1v) is 17.9. The van der Waals surface area contributed by atoms with Crippen LogP contribution in [0.4, 0.5) is 45.1 Å². The van der Waals surface area contributed by atoms with E-state index in [-0.39, 0.29) is 22.5 Å². The van der Waals surface area contributed by atoms with Crippen LogP contribution in [0.3, 0.4) is 0 Å². The van der Waals surface area contributed by atoms with Crippen LogP contribution < -0.4 is 20.3 Å². The number of carbonyl (C=O) groups excluding carboxylic acids is 1. The molecule has 8 nitrogen and oxygen atoms in total. The first-order chi connectivity index (χ1) is 24.6. The van der Waals surface area contributed by atoms with Gasteiger partial charge in [0.1, 0.15) is 28.1 Å². The number of halogens is 4. The highest BCUT2D eigenvalue weighted by molar-refractivity contribution is 7.21. The number of ether oxygens (including phenoxy) is 1. The van der Waals surface area contributed by atoms with Crippen LogP contribution in [-0.4, -0.2) is 53.3 Å². The van der Waals surface area contributed by atoms with Crippen LogP contribution in [0.25, 0.3) is 20.8 Å². The number of fused-ring (bicyclic) bond motifs is 3. The summed E-state index contributed by atoms with van der Waals surface area (Å²) in [6, 6.07) is 17.5. The van der Waals surface area contributed by atoms with Crippen LogP contribution in [0.1, 0.15) is 46.1 Å². The molecule has 1 spiro atoms. The fourth-order valence-electron chi connectivity index (χ4n) is 7.43. The second kappa shape index (κ2) is 13.3. The standard InChI is InChI=1S/C39H39F4N5O3S/c1-37(2,3)21-47-17-15-39(16-18-47)22-48(34-30(49)20-26(41)32(33(34)39)35-45-28-14-9-23(40)19-31(28)52-35)29-8-6-5-7-27(29)46-36(50)44-24-10-12-25(13-11-24)51-38(4,42)43/h5-14,19-20,49H,15-18,21-22H2,1-4H3,(H2,44,46,50). The molecule has 3 N–H and O–H groups in total. The number of amides is 2. The van der Waals surface area contributed by atoms with Gasteiger partial charge in [0.15, 0.2) is 0 Å². The fraction of sp³-hybridized carbons (Fsp3) is 0.333. The van der Waals surface area contributed by atoms with Crippen molar-refractivity contribution in [1.82, 2.24) is 9.88 Å². The number of hydrogen-bond donors (Lipinski definition) is 3. The van der Waals surface area contributed by atoms with Crippen molar-refractivity contribution < 1.29 is 32.2 Å². The molecule has 0 bridgehead atoms. The van der Waals surface area contributed by atoms with E-state index in [2.05, 4.69) is 41.0 Å². The Bertz CT molecular complexity index is 2140. The number of phenolic OH excluding ortho intramolecular Hbond substituents is 1. The van der Waals surface area contributed by atoms with E-state index < -0.39 is 29.2 Å². The Kier molecular flexibility index (Phi) is 9.06. The van der Waals surface area contributed by atoms with E-state index in [4.69, 9.17) is 4.98 Å². The highest BCUT2D eigenvalue weighted by Crippen LogP contribution is 2.58. The molecule has 0 saturated carbocycles. The van der Waals surface area contributed by atoms with Crippen LogP contribution >= 0.6 is 11.3 Å². The smallest absolute Gasteiger partial charge is 0.394 e. The number of likely N-dealkylation sites (tertiary alicyclic amines) is 1. The van der Waals surface area contributed by atoms with Crippen molar-refractivity contribution in [2.45, 2.75) is 52.1 Å². The Hall–Kier alpha value is -4.88. The number of aromatic hydroxyl groups is 1. The number of piperidine rings is 1. The summed E-state index contributed by atoms with van der Waals surface area (Å²) in [6.07, 6.45) is -1.98. The summed E-state index contributed by atoms with van der Waals surface area (Å²) >= 11 is 1.21. The normalized spacial score (nSPS) is 16.0. The van der Waals surface area contributed by atoms with Gasteiger partial charge in [0, 0.05) is 42.7 Å². The maximum atomic E-state index is 16.3. The van der Waals surface area contributed by atoms with Crippen molar-refractivity contribution in [2.24, 2.45) is 5.41 Å². The molecular formula is C39H39F4N5O3S. The van der Waals surface area contributed by atoms with Gasteiger partial charge in [-0.2, -0.15) is 8.78 Å². The molecule has 2 aliphatic heterocycles. The number of urea groups is 1. The molecule has 1 fully saturated rings. The highest BCUT2D eigenvalue weighted by Gasteiger charge is 2.49. The summed E-state index contributed by atoms with van der Waals surface area (Å²) in [7, 11) is 0. The number of para-hydroxylation sites is 2. The van der Waals surface area contributed by atoms with Crippen molar-refractivity contribution in [3.63, 3.8) is 0 Å². The molecular weight excluding hydrogens is 695 g/mol. The minimum absolute atomic E-state index is 0.0525. The SMILES string of the molecule is CC(C)(C)CN1CCC2(CC1)CN(c1ccccc1NC(=O)Nc1ccc(OC(C)(F)F)cc1)c1c(O)cc(F)c(-c3nc4ccc(F)cc4s3)c12. The van der Waals surface area contributed by atoms with Crippen molar-refractivity contribution in [3.8, 4) is 22.1 Å². The maximum absolute atomic E-state index is 16.3. The minimum atomic E-state index is -3.35. The van der Waals surface area contributed by atoms with Crippen LogP contribution in [0, 0.1) is 17.0 Å². The number of nitrogens with zero attached hydrogens (tertiary/aromatic N) is 3. The molecule has 7 rings (SSSR count). The number of carbonyl (C=O) groups is 1. The molecule has 5 aromatic rings. The third-order valence-electron chi connectivity index (χ3n) is 9.42. The average Bonchev–Trinajstić information content (AvgIpc) is 3.61. The Labute approximate surface area is 303 Å². The number of anilines is 4. The number of nitrogens with one attached hydrogen (secondary N) is 2. The molecule has 2 amide bonds. The predicted molar refractivity (Wildman–Crippen MR) is 197 cm³/mol. The Morgan fingerprint density at radius 1 is 0.981 bits per heavy atom. The molecule has 1 saturated heterocycles. The zero-order valence-electron chi connectivity index (χ0n) is 29.2. The second-order valence-electron chi connectivity index (χ2n) is 14.8. The molecule has 52 heavy (non-hydrogen) atoms. The Balaban J connectivity index is 1.26. The van der Waals surface area contributed by atoms with E-state index >= 15 is 4.39 Å². The van der Waals surface area contributed by atoms with Gasteiger partial charge in [0.05, 0.1) is 32.8 Å². The van der Waals surface area contributed by atoms with Crippen LogP contribution in [0.5, 0.6) is 11.5 Å². The van der Waals surface area contributed by atoms with E-state index in [1.54, 1.807) is 18.2 Å². The predicted octanol–water partition coefficient (Wildman–Crippen LogP) is 10.1. The number of benzene rings is 4. The third-order valence-corrected chi connectivity index (χ3v) is 10.5. The number of thiazole rings is 1. The summed E-state index contributed by atoms with van der Waals surface area (Å²) in [5.41, 5.74) is 2.79. The van der Waals surface area contributed by atoms with Gasteiger partial charge in [-0.3, -0.25) is 0 Å². The van der Waals surface area contributed by atoms with E-state index in [1.807, 2.05) is 17.0 Å². The van der Waals surface area contributed by atoms with E-state index in [0.29, 0.717) is 69.8 Å². The topological polar surface area (TPSA) is 90.0 Å². The van der Waals surface area contributed by atoms with E-state index in [9.17, 15) is 23.1 Å². The lowest BCUT2D eigenvalue weighted by atomic mass is 9.72. The molecule has 0 radical (unpaired) electrons. The number of alkyl halides is 2. The maximum Gasteiger partial charge on any atom is 0.394 e. The Morgan fingerprint density at radius 2 is 1.69 bits per heavy atom. The van der Waals surface area contributed by atoms with Crippen molar-refractivity contribution in [1.29, 1.82) is 0 Å². The zero-order chi connectivity index (χ0) is 37.0. The number of rotatable bonds is 7. The Morgan fingerprint density at radius 3 is 2.38 bits per heavy atom. The molecule has 0 unspecified atom stereocenters. The lowest BCUT2D eigenvalue weighted by Crippen LogP contribution is -2.47. The lowest BCUT2D eigenvalue weighted by molar-refractivity contribution is -0.158. The molecule has 3 heterocycles. The molecule has 2 aliphatic rings. The van der Waals surface area contributed by atoms with Gasteiger partial charge in [0.2, 0.25) is 0 Å². The van der Waals surface area contributed by atoms with E-state index in [0.717, 1.165) is 25.7 Å². The summed E-state index contributed by atoms with van der Waals surface area (Å²) in [5.74, 6) is -1.31. The fourth-order valence-corrected chi connectivity index (χ4v) is 8.47. The van der Waals surface area contributed by atoms with Gasteiger partial charge in [-0.15, -0.1) is 11.3 Å². The van der Waals surface area contributed by atoms with Gasteiger partial charge in [-0.1, -0.05) is 32.9 Å². The van der Waals surface area contributed by atoms with Gasteiger partial charge in [-0.05, 0) is 85.9 Å². The first-order valence-electron chi connectivity index (χ1n) is 17.0. The number of phenols is 1. The highest BCUT2D eigenvalue weighted by atomic mass is 32.1. The van der Waals surface area contributed by atoms with Gasteiger partial charge >= 0.3 is 12.1 Å². The molecule has 13 heteroatoms. The van der Waals surface area contributed by atoms with Crippen molar-refractivity contribution in [2.75, 3.05) is 41.7 Å². The third kappa shape index (κ3) is 7.24. The summed E-state index contributed by atoms with van der Waals surface area (Å²) in [6.45, 7) is 10.0. The number of hydrogen-bond acceptors (Lipinski definition) is 7. The zero-order valence-corrected chi connectivity index (χ0v) is 30.0. The summed E-state index contributed by atoms with van der Waals surface area (Å²) in [5, 5.41) is 17.6. The van der Waals surface area contributed by atoms with Gasteiger partial charge < -0.3 is 30.3 Å². The molecule has 1 aromatic heterocycles. The quantitative estimate of drug-likeness (QED) is 0.144. The second-order valence-corrected chi connectivity index (χ2v) is 15.9. The summed E-state index contributed by atoms with van der Waals surface area (Å²) < 4.78 is 62.2. The summed E-state index contributed by atoms with van der Waals surface area (Å²) in [4.78, 5) is 22.4. The minimum Gasteiger partial charge on any atom is -0.506 e. The molecule has 272 valence electrons. The van der Waals surface area contributed by atoms with Gasteiger partial charge in [0.25, 0.3) is 0 Å².